The van der Waals surface area contributed by atoms with Crippen LogP contribution in [-0.2, 0) is 6.61 Å². The average Bonchev–Trinajstić information content (AvgIpc) is 2.71. The van der Waals surface area contributed by atoms with Crippen LogP contribution >= 0.6 is 0 Å². The molecule has 0 aromatic heterocycles. The molecule has 0 spiro atoms. The normalized spacial score (nSPS) is 9.83. The van der Waals surface area contributed by atoms with Crippen molar-refractivity contribution in [3.05, 3.63) is 65.4 Å². The summed E-state index contributed by atoms with van der Waals surface area (Å²) in [6.07, 6.45) is 6.43. The van der Waals surface area contributed by atoms with Gasteiger partial charge in [0, 0.05) is 20.4 Å². The fourth-order valence-electron chi connectivity index (χ4n) is 2.06. The quantitative estimate of drug-likeness (QED) is 0.388. The smallest absolute Gasteiger partial charge is 0.134 e. The molecule has 0 bridgehead atoms. The Balaban J connectivity index is 0.00000253. The zero-order chi connectivity index (χ0) is 21.1. The zero-order valence-corrected chi connectivity index (χ0v) is 15.7. The molecule has 6 nitrogen and oxygen atoms in total. The van der Waals surface area contributed by atoms with Gasteiger partial charge in [0.15, 0.2) is 0 Å². The van der Waals surface area contributed by atoms with Crippen LogP contribution in [0.15, 0.2) is 48.2 Å². The van der Waals surface area contributed by atoms with E-state index >= 15 is 0 Å². The molecule has 9 heteroatoms. The Morgan fingerprint density at radius 3 is 2.24 bits per heavy atom. The fourth-order valence-corrected chi connectivity index (χ4v) is 2.06. The number of ether oxygens (including phenoxy) is 1. The molecule has 29 heavy (non-hydrogen) atoms. The van der Waals surface area contributed by atoms with Gasteiger partial charge in [-0.2, -0.15) is 5.26 Å². The van der Waals surface area contributed by atoms with E-state index < -0.39 is 11.6 Å². The van der Waals surface area contributed by atoms with Crippen molar-refractivity contribution in [3.8, 4) is 29.9 Å². The first-order valence-corrected chi connectivity index (χ1v) is 7.88. The van der Waals surface area contributed by atoms with Crippen LogP contribution in [0.5, 0.6) is 11.5 Å². The maximum absolute atomic E-state index is 14.3. The van der Waals surface area contributed by atoms with Crippen LogP contribution in [0.3, 0.4) is 0 Å². The SMILES string of the molecule is C#C/C(C#N)=C\N(NC)c1cc(F)c(COc2ccc(O)cc2)c(F)c1.CO.F. The van der Waals surface area contributed by atoms with E-state index in [1.54, 1.807) is 6.07 Å². The molecule has 0 saturated carbocycles. The summed E-state index contributed by atoms with van der Waals surface area (Å²) in [5, 5.41) is 26.3. The van der Waals surface area contributed by atoms with Crippen LogP contribution in [0.2, 0.25) is 0 Å². The van der Waals surface area contributed by atoms with E-state index in [1.165, 1.54) is 42.5 Å². The average molecular weight is 407 g/mol. The molecule has 2 aromatic rings. The van der Waals surface area contributed by atoms with E-state index in [2.05, 4.69) is 11.3 Å². The largest absolute Gasteiger partial charge is 0.508 e. The minimum atomic E-state index is -0.813. The molecule has 0 unspecified atom stereocenters. The molecular formula is C20H20F3N3O3. The van der Waals surface area contributed by atoms with Gasteiger partial charge in [0.1, 0.15) is 41.4 Å². The number of allylic oxidation sites excluding steroid dienone is 1. The Morgan fingerprint density at radius 1 is 1.24 bits per heavy atom. The molecule has 0 saturated heterocycles. The highest BCUT2D eigenvalue weighted by molar-refractivity contribution is 5.53. The first-order chi connectivity index (χ1) is 13.5. The third kappa shape index (κ3) is 7.11. The summed E-state index contributed by atoms with van der Waals surface area (Å²) in [5.41, 5.74) is 2.54. The van der Waals surface area contributed by atoms with Gasteiger partial charge in [-0.15, -0.1) is 6.42 Å². The molecule has 2 aromatic carbocycles. The number of hydrogen-bond acceptors (Lipinski definition) is 6. The third-order valence-electron chi connectivity index (χ3n) is 3.40. The van der Waals surface area contributed by atoms with Gasteiger partial charge in [-0.05, 0) is 36.4 Å². The summed E-state index contributed by atoms with van der Waals surface area (Å²) < 4.78 is 34.0. The van der Waals surface area contributed by atoms with Gasteiger partial charge in [-0.3, -0.25) is 9.71 Å². The van der Waals surface area contributed by atoms with Gasteiger partial charge in [0.25, 0.3) is 0 Å². The Kier molecular flexibility index (Phi) is 11.1. The molecule has 0 fully saturated rings. The molecule has 0 aliphatic heterocycles. The van der Waals surface area contributed by atoms with Crippen molar-refractivity contribution in [1.29, 1.82) is 5.26 Å². The van der Waals surface area contributed by atoms with Crippen molar-refractivity contribution in [1.82, 2.24) is 5.43 Å². The van der Waals surface area contributed by atoms with Crippen LogP contribution in [0.4, 0.5) is 19.2 Å². The lowest BCUT2D eigenvalue weighted by Gasteiger charge is -2.20. The molecule has 0 aliphatic carbocycles. The van der Waals surface area contributed by atoms with E-state index in [0.717, 1.165) is 19.2 Å². The summed E-state index contributed by atoms with van der Waals surface area (Å²) in [6, 6.07) is 9.75. The number of aliphatic hydroxyl groups excluding tert-OH is 1. The Morgan fingerprint density at radius 2 is 1.79 bits per heavy atom. The Hall–Kier alpha value is -3.66. The van der Waals surface area contributed by atoms with Crippen LogP contribution in [0.25, 0.3) is 0 Å². The van der Waals surface area contributed by atoms with Gasteiger partial charge in [0.2, 0.25) is 0 Å². The number of benzene rings is 2. The van der Waals surface area contributed by atoms with Crippen molar-refractivity contribution in [2.75, 3.05) is 19.2 Å². The number of aliphatic hydroxyl groups is 1. The number of hydrogen-bond donors (Lipinski definition) is 3. The zero-order valence-electron chi connectivity index (χ0n) is 15.7. The molecule has 0 heterocycles. The number of phenolic OH excluding ortho intramolecular Hbond substituents is 1. The summed E-state index contributed by atoms with van der Waals surface area (Å²) in [6.45, 7) is -0.327. The number of phenols is 1. The van der Waals surface area contributed by atoms with Crippen molar-refractivity contribution in [3.63, 3.8) is 0 Å². The first-order valence-electron chi connectivity index (χ1n) is 7.88. The highest BCUT2D eigenvalue weighted by Gasteiger charge is 2.15. The predicted molar refractivity (Wildman–Crippen MR) is 104 cm³/mol. The van der Waals surface area contributed by atoms with Gasteiger partial charge in [-0.1, -0.05) is 5.92 Å². The number of rotatable bonds is 6. The lowest BCUT2D eigenvalue weighted by molar-refractivity contribution is 0.292. The molecule has 2 rings (SSSR count). The number of halogens is 3. The van der Waals surface area contributed by atoms with Gasteiger partial charge in [-0.25, -0.2) is 14.2 Å². The molecule has 0 aliphatic rings. The summed E-state index contributed by atoms with van der Waals surface area (Å²) in [5.74, 6) is 0.953. The topological polar surface area (TPSA) is 88.8 Å². The number of anilines is 1. The summed E-state index contributed by atoms with van der Waals surface area (Å²) in [4.78, 5) is 0. The lowest BCUT2D eigenvalue weighted by Crippen LogP contribution is -2.30. The van der Waals surface area contributed by atoms with E-state index in [0.29, 0.717) is 5.75 Å². The van der Waals surface area contributed by atoms with E-state index in [-0.39, 0.29) is 33.9 Å². The van der Waals surface area contributed by atoms with Crippen LogP contribution in [-0.4, -0.2) is 24.4 Å². The standard InChI is InChI=1S/C19H15F2N3O2.CH4O.FH/c1-3-13(10-22)11-24(23-2)14-8-18(20)17(19(21)9-14)12-26-16-6-4-15(25)5-7-16;1-2;/h1,4-9,11,23,25H,12H2,2H3;2H,1H3;1H/b13-11+;;. The lowest BCUT2D eigenvalue weighted by atomic mass is 10.1. The number of terminal acetylenes is 1. The number of nitriles is 1. The summed E-state index contributed by atoms with van der Waals surface area (Å²) >= 11 is 0. The number of nitrogens with zero attached hydrogens (tertiary/aromatic N) is 2. The minimum absolute atomic E-state index is 0. The fraction of sp³-hybridized carbons (Fsp3) is 0.150. The number of hydrazine groups is 1. The second kappa shape index (κ2) is 12.7. The van der Waals surface area contributed by atoms with Crippen LogP contribution in [0, 0.1) is 35.3 Å². The van der Waals surface area contributed by atoms with E-state index in [9.17, 15) is 13.9 Å². The number of aromatic hydroxyl groups is 1. The summed E-state index contributed by atoms with van der Waals surface area (Å²) in [7, 11) is 2.51. The molecule has 0 atom stereocenters. The second-order valence-electron chi connectivity index (χ2n) is 5.06. The van der Waals surface area contributed by atoms with Crippen LogP contribution < -0.4 is 15.2 Å². The van der Waals surface area contributed by atoms with Crippen LogP contribution in [0.1, 0.15) is 5.56 Å². The highest BCUT2D eigenvalue weighted by Crippen LogP contribution is 2.24. The Bertz CT molecular complexity index is 865. The maximum atomic E-state index is 14.3. The molecule has 0 amide bonds. The minimum Gasteiger partial charge on any atom is -0.508 e. The Labute approximate surface area is 166 Å². The highest BCUT2D eigenvalue weighted by atomic mass is 19.1. The van der Waals surface area contributed by atoms with Gasteiger partial charge < -0.3 is 14.9 Å². The second-order valence-corrected chi connectivity index (χ2v) is 5.06. The number of nitrogens with one attached hydrogen (secondary N) is 1. The maximum Gasteiger partial charge on any atom is 0.134 e. The van der Waals surface area contributed by atoms with Crippen molar-refractivity contribution < 1.29 is 28.4 Å². The van der Waals surface area contributed by atoms with Gasteiger partial charge in [0.05, 0.1) is 11.3 Å². The predicted octanol–water partition coefficient (Wildman–Crippen LogP) is 2.99. The third-order valence-corrected chi connectivity index (χ3v) is 3.40. The first kappa shape index (κ1) is 25.3. The van der Waals surface area contributed by atoms with E-state index in [4.69, 9.17) is 21.5 Å². The van der Waals surface area contributed by atoms with Crippen molar-refractivity contribution in [2.45, 2.75) is 6.61 Å². The van der Waals surface area contributed by atoms with Crippen molar-refractivity contribution >= 4 is 5.69 Å². The van der Waals surface area contributed by atoms with E-state index in [1.807, 2.05) is 0 Å². The monoisotopic (exact) mass is 407 g/mol. The molecular weight excluding hydrogens is 387 g/mol. The molecule has 3 N–H and O–H groups in total. The molecule has 154 valence electrons. The molecule has 0 radical (unpaired) electrons. The van der Waals surface area contributed by atoms with Gasteiger partial charge >= 0.3 is 0 Å². The van der Waals surface area contributed by atoms with Crippen molar-refractivity contribution in [2.24, 2.45) is 0 Å².